The number of hydrogen-bond acceptors (Lipinski definition) is 3. The van der Waals surface area contributed by atoms with Crippen molar-refractivity contribution >= 4 is 15.8 Å². The summed E-state index contributed by atoms with van der Waals surface area (Å²) >= 11 is 0. The van der Waals surface area contributed by atoms with E-state index in [1.165, 1.54) is 0 Å². The third-order valence-electron chi connectivity index (χ3n) is 2.98. The van der Waals surface area contributed by atoms with Crippen LogP contribution in [0.15, 0.2) is 29.2 Å². The van der Waals surface area contributed by atoms with Crippen molar-refractivity contribution in [2.75, 3.05) is 4.72 Å². The Kier molecular flexibility index (Phi) is 3.70. The summed E-state index contributed by atoms with van der Waals surface area (Å²) < 4.78 is 63.7. The highest BCUT2D eigenvalue weighted by Gasteiger charge is 2.30. The SMILES string of the molecule is Cc1[nH]nc(NS(=O)(=O)c2ccc(C(F)(F)F)cc2)c1C. The molecule has 0 saturated heterocycles. The van der Waals surface area contributed by atoms with E-state index in [1.807, 2.05) is 0 Å². The van der Waals surface area contributed by atoms with Crippen LogP contribution in [0.1, 0.15) is 16.8 Å². The largest absolute Gasteiger partial charge is 0.416 e. The molecule has 5 nitrogen and oxygen atoms in total. The second-order valence-corrected chi connectivity index (χ2v) is 6.13. The van der Waals surface area contributed by atoms with Crippen molar-refractivity contribution in [2.45, 2.75) is 24.9 Å². The number of nitrogens with zero attached hydrogens (tertiary/aromatic N) is 1. The smallest absolute Gasteiger partial charge is 0.280 e. The molecule has 1 aromatic carbocycles. The first-order valence-corrected chi connectivity index (χ1v) is 7.31. The average molecular weight is 319 g/mol. The molecule has 2 rings (SSSR count). The van der Waals surface area contributed by atoms with Gasteiger partial charge < -0.3 is 0 Å². The van der Waals surface area contributed by atoms with Crippen LogP contribution in [-0.4, -0.2) is 18.6 Å². The van der Waals surface area contributed by atoms with Crippen molar-refractivity contribution in [3.05, 3.63) is 41.1 Å². The molecule has 0 fully saturated rings. The van der Waals surface area contributed by atoms with E-state index in [0.717, 1.165) is 24.3 Å². The van der Waals surface area contributed by atoms with Gasteiger partial charge in [-0.15, -0.1) is 0 Å². The Morgan fingerprint density at radius 2 is 1.71 bits per heavy atom. The van der Waals surface area contributed by atoms with Crippen LogP contribution in [0.25, 0.3) is 0 Å². The van der Waals surface area contributed by atoms with Gasteiger partial charge in [-0.1, -0.05) is 0 Å². The zero-order chi connectivity index (χ0) is 15.8. The molecule has 0 aliphatic carbocycles. The predicted octanol–water partition coefficient (Wildman–Crippen LogP) is 2.85. The molecule has 0 aliphatic heterocycles. The zero-order valence-corrected chi connectivity index (χ0v) is 11.9. The summed E-state index contributed by atoms with van der Waals surface area (Å²) in [5, 5.41) is 6.40. The number of rotatable bonds is 3. The van der Waals surface area contributed by atoms with Crippen LogP contribution in [0.4, 0.5) is 19.0 Å². The number of aromatic nitrogens is 2. The fourth-order valence-electron chi connectivity index (χ4n) is 1.59. The number of aryl methyl sites for hydroxylation is 1. The summed E-state index contributed by atoms with van der Waals surface area (Å²) in [5.41, 5.74) is 0.402. The summed E-state index contributed by atoms with van der Waals surface area (Å²) in [6.07, 6.45) is -4.51. The maximum atomic E-state index is 12.4. The zero-order valence-electron chi connectivity index (χ0n) is 11.1. The number of aromatic amines is 1. The van der Waals surface area contributed by atoms with Gasteiger partial charge in [-0.2, -0.15) is 18.3 Å². The van der Waals surface area contributed by atoms with Gasteiger partial charge in [-0.25, -0.2) is 8.42 Å². The van der Waals surface area contributed by atoms with E-state index >= 15 is 0 Å². The van der Waals surface area contributed by atoms with Gasteiger partial charge in [0.1, 0.15) is 0 Å². The van der Waals surface area contributed by atoms with Crippen LogP contribution in [-0.2, 0) is 16.2 Å². The van der Waals surface area contributed by atoms with E-state index in [4.69, 9.17) is 0 Å². The predicted molar refractivity (Wildman–Crippen MR) is 70.3 cm³/mol. The maximum Gasteiger partial charge on any atom is 0.416 e. The third kappa shape index (κ3) is 3.18. The molecule has 0 amide bonds. The average Bonchev–Trinajstić information content (AvgIpc) is 2.69. The number of hydrogen-bond donors (Lipinski definition) is 2. The fraction of sp³-hybridized carbons (Fsp3) is 0.250. The van der Waals surface area contributed by atoms with Crippen molar-refractivity contribution in [1.82, 2.24) is 10.2 Å². The van der Waals surface area contributed by atoms with Gasteiger partial charge in [0, 0.05) is 11.3 Å². The maximum absolute atomic E-state index is 12.4. The van der Waals surface area contributed by atoms with Gasteiger partial charge in [-0.05, 0) is 38.1 Å². The lowest BCUT2D eigenvalue weighted by atomic mass is 10.2. The number of alkyl halides is 3. The Labute approximate surface area is 119 Å². The first-order valence-electron chi connectivity index (χ1n) is 5.83. The molecule has 0 bridgehead atoms. The van der Waals surface area contributed by atoms with E-state index in [1.54, 1.807) is 13.8 Å². The third-order valence-corrected chi connectivity index (χ3v) is 4.33. The summed E-state index contributed by atoms with van der Waals surface area (Å²) in [7, 11) is -3.98. The van der Waals surface area contributed by atoms with Crippen LogP contribution >= 0.6 is 0 Å². The molecule has 2 aromatic rings. The molecule has 21 heavy (non-hydrogen) atoms. The summed E-state index contributed by atoms with van der Waals surface area (Å²) in [5.74, 6) is 0.118. The monoisotopic (exact) mass is 319 g/mol. The summed E-state index contributed by atoms with van der Waals surface area (Å²) in [6.45, 7) is 3.39. The molecule has 0 spiro atoms. The molecule has 1 heterocycles. The van der Waals surface area contributed by atoms with Crippen LogP contribution in [0.2, 0.25) is 0 Å². The minimum atomic E-state index is -4.51. The molecule has 0 unspecified atom stereocenters. The van der Waals surface area contributed by atoms with E-state index < -0.39 is 21.8 Å². The quantitative estimate of drug-likeness (QED) is 0.913. The molecular weight excluding hydrogens is 307 g/mol. The lowest BCUT2D eigenvalue weighted by molar-refractivity contribution is -0.137. The van der Waals surface area contributed by atoms with Crippen molar-refractivity contribution in [1.29, 1.82) is 0 Å². The highest BCUT2D eigenvalue weighted by atomic mass is 32.2. The first-order chi connectivity index (χ1) is 9.61. The Morgan fingerprint density at radius 1 is 1.14 bits per heavy atom. The highest BCUT2D eigenvalue weighted by molar-refractivity contribution is 7.92. The van der Waals surface area contributed by atoms with Gasteiger partial charge in [0.15, 0.2) is 5.82 Å². The minimum absolute atomic E-state index is 0.118. The molecule has 0 saturated carbocycles. The topological polar surface area (TPSA) is 74.8 Å². The van der Waals surface area contributed by atoms with Gasteiger partial charge >= 0.3 is 6.18 Å². The molecule has 0 aliphatic rings. The highest BCUT2D eigenvalue weighted by Crippen LogP contribution is 2.30. The number of halogens is 3. The lowest BCUT2D eigenvalue weighted by Gasteiger charge is -2.09. The Hall–Kier alpha value is -2.03. The number of H-pyrrole nitrogens is 1. The summed E-state index contributed by atoms with van der Waals surface area (Å²) in [6, 6.07) is 3.24. The van der Waals surface area contributed by atoms with Crippen molar-refractivity contribution in [2.24, 2.45) is 0 Å². The summed E-state index contributed by atoms with van der Waals surface area (Å²) in [4.78, 5) is -0.268. The van der Waals surface area contributed by atoms with Gasteiger partial charge in [0.2, 0.25) is 0 Å². The Morgan fingerprint density at radius 3 is 2.14 bits per heavy atom. The molecule has 0 atom stereocenters. The van der Waals surface area contributed by atoms with Gasteiger partial charge in [-0.3, -0.25) is 9.82 Å². The number of benzene rings is 1. The van der Waals surface area contributed by atoms with Gasteiger partial charge in [0.25, 0.3) is 10.0 Å². The number of sulfonamides is 1. The molecule has 1 aromatic heterocycles. The van der Waals surface area contributed by atoms with Crippen molar-refractivity contribution < 1.29 is 21.6 Å². The van der Waals surface area contributed by atoms with E-state index in [9.17, 15) is 21.6 Å². The molecule has 0 radical (unpaired) electrons. The van der Waals surface area contributed by atoms with Crippen LogP contribution < -0.4 is 4.72 Å². The van der Waals surface area contributed by atoms with Crippen molar-refractivity contribution in [3.8, 4) is 0 Å². The normalized spacial score (nSPS) is 12.4. The molecule has 9 heteroatoms. The van der Waals surface area contributed by atoms with Gasteiger partial charge in [0.05, 0.1) is 10.5 Å². The number of nitrogens with one attached hydrogen (secondary N) is 2. The standard InChI is InChI=1S/C12H12F3N3O2S/c1-7-8(2)16-17-11(7)18-21(19,20)10-5-3-9(4-6-10)12(13,14)15/h3-6H,1-2H3,(H2,16,17,18). The number of anilines is 1. The van der Waals surface area contributed by atoms with E-state index in [0.29, 0.717) is 11.3 Å². The second-order valence-electron chi connectivity index (χ2n) is 4.45. The minimum Gasteiger partial charge on any atom is -0.280 e. The van der Waals surface area contributed by atoms with Crippen molar-refractivity contribution in [3.63, 3.8) is 0 Å². The van der Waals surface area contributed by atoms with Crippen LogP contribution in [0, 0.1) is 13.8 Å². The van der Waals surface area contributed by atoms with E-state index in [2.05, 4.69) is 14.9 Å². The Bertz CT molecular complexity index is 749. The Balaban J connectivity index is 2.30. The molecule has 2 N–H and O–H groups in total. The second kappa shape index (κ2) is 5.06. The van der Waals surface area contributed by atoms with Crippen LogP contribution in [0.3, 0.4) is 0 Å². The molecule has 114 valence electrons. The first kappa shape index (κ1) is 15.4. The van der Waals surface area contributed by atoms with E-state index in [-0.39, 0.29) is 10.7 Å². The fourth-order valence-corrected chi connectivity index (χ4v) is 2.66. The van der Waals surface area contributed by atoms with Crippen LogP contribution in [0.5, 0.6) is 0 Å². The lowest BCUT2D eigenvalue weighted by Crippen LogP contribution is -2.14. The molecular formula is C12H12F3N3O2S.